The number of carbonyl (C=O) groups is 2. The van der Waals surface area contributed by atoms with Gasteiger partial charge in [0.25, 0.3) is 0 Å². The highest BCUT2D eigenvalue weighted by molar-refractivity contribution is 5.88. The fraction of sp³-hybridized carbons (Fsp3) is 0.579. The second-order valence-electron chi connectivity index (χ2n) is 7.19. The molecule has 1 aromatic rings. The van der Waals surface area contributed by atoms with E-state index in [-0.39, 0.29) is 29.7 Å². The van der Waals surface area contributed by atoms with Crippen LogP contribution in [0.15, 0.2) is 24.3 Å². The van der Waals surface area contributed by atoms with Crippen molar-refractivity contribution < 1.29 is 9.59 Å². The Kier molecular flexibility index (Phi) is 3.51. The molecule has 3 nitrogen and oxygen atoms in total. The molecule has 3 aliphatic carbocycles. The normalized spacial score (nSPS) is 33.4. The highest BCUT2D eigenvalue weighted by Gasteiger charge is 2.41. The third kappa shape index (κ3) is 2.37. The second kappa shape index (κ2) is 5.53. The molecule has 0 aromatic heterocycles. The molecule has 0 radical (unpaired) electrons. The molecule has 3 heteroatoms. The van der Waals surface area contributed by atoms with Gasteiger partial charge in [-0.1, -0.05) is 30.7 Å². The molecule has 1 N–H and O–H groups in total. The zero-order chi connectivity index (χ0) is 15.1. The first kappa shape index (κ1) is 14.0. The van der Waals surface area contributed by atoms with Crippen LogP contribution in [0.1, 0.15) is 55.7 Å². The van der Waals surface area contributed by atoms with Crippen LogP contribution in [0.5, 0.6) is 0 Å². The van der Waals surface area contributed by atoms with E-state index in [9.17, 15) is 9.59 Å². The molecule has 2 fully saturated rings. The van der Waals surface area contributed by atoms with Crippen LogP contribution in [0.2, 0.25) is 0 Å². The van der Waals surface area contributed by atoms with E-state index in [4.69, 9.17) is 0 Å². The summed E-state index contributed by atoms with van der Waals surface area (Å²) in [6, 6.07) is 8.57. The summed E-state index contributed by atoms with van der Waals surface area (Å²) in [4.78, 5) is 24.8. The summed E-state index contributed by atoms with van der Waals surface area (Å²) in [5, 5.41) is 3.26. The van der Waals surface area contributed by atoms with Crippen molar-refractivity contribution in [1.29, 1.82) is 0 Å². The van der Waals surface area contributed by atoms with E-state index >= 15 is 0 Å². The molecule has 22 heavy (non-hydrogen) atoms. The molecule has 2 saturated carbocycles. The molecule has 3 atom stereocenters. The molecule has 1 aromatic carbocycles. The summed E-state index contributed by atoms with van der Waals surface area (Å²) in [6.07, 6.45) is 6.74. The van der Waals surface area contributed by atoms with E-state index in [1.54, 1.807) is 0 Å². The van der Waals surface area contributed by atoms with Gasteiger partial charge in [0.1, 0.15) is 5.78 Å². The lowest BCUT2D eigenvalue weighted by Gasteiger charge is -2.37. The lowest BCUT2D eigenvalue weighted by Crippen LogP contribution is -2.43. The first-order valence-electron chi connectivity index (χ1n) is 8.64. The number of amides is 1. The van der Waals surface area contributed by atoms with Gasteiger partial charge in [-0.3, -0.25) is 9.59 Å². The molecule has 2 bridgehead atoms. The Morgan fingerprint density at radius 3 is 2.55 bits per heavy atom. The van der Waals surface area contributed by atoms with Crippen LogP contribution in [0.25, 0.3) is 0 Å². The van der Waals surface area contributed by atoms with Gasteiger partial charge in [0.05, 0.1) is 6.04 Å². The van der Waals surface area contributed by atoms with Crippen molar-refractivity contribution in [3.8, 4) is 0 Å². The van der Waals surface area contributed by atoms with Gasteiger partial charge in [-0.05, 0) is 49.7 Å². The van der Waals surface area contributed by atoms with E-state index in [0.29, 0.717) is 5.78 Å². The van der Waals surface area contributed by atoms with Crippen LogP contribution in [-0.2, 0) is 16.0 Å². The standard InChI is InChI=1S/C19H23NO2/c21-18-13-5-3-6-14(18)11-15(10-13)19(22)20-17-9-8-12-4-1-2-7-16(12)17/h1-2,4,7,13-15,17H,3,5-6,8-11H2,(H,20,22). The molecule has 3 unspecified atom stereocenters. The van der Waals surface area contributed by atoms with Crippen LogP contribution < -0.4 is 5.32 Å². The summed E-state index contributed by atoms with van der Waals surface area (Å²) in [6.45, 7) is 0. The molecule has 3 aliphatic rings. The maximum atomic E-state index is 12.7. The van der Waals surface area contributed by atoms with Crippen molar-refractivity contribution in [3.63, 3.8) is 0 Å². The molecule has 0 heterocycles. The van der Waals surface area contributed by atoms with E-state index in [1.807, 2.05) is 6.07 Å². The van der Waals surface area contributed by atoms with Crippen LogP contribution in [-0.4, -0.2) is 11.7 Å². The van der Waals surface area contributed by atoms with Gasteiger partial charge in [0.15, 0.2) is 0 Å². The molecule has 1 amide bonds. The fourth-order valence-corrected chi connectivity index (χ4v) is 4.69. The summed E-state index contributed by atoms with van der Waals surface area (Å²) in [5.74, 6) is 0.951. The Hall–Kier alpha value is -1.64. The lowest BCUT2D eigenvalue weighted by atomic mass is 9.67. The highest BCUT2D eigenvalue weighted by Crippen LogP contribution is 2.40. The first-order valence-corrected chi connectivity index (χ1v) is 8.64. The zero-order valence-corrected chi connectivity index (χ0v) is 12.9. The van der Waals surface area contributed by atoms with Gasteiger partial charge in [0.2, 0.25) is 5.91 Å². The molecule has 0 aliphatic heterocycles. The molecule has 116 valence electrons. The summed E-state index contributed by atoms with van der Waals surface area (Å²) in [7, 11) is 0. The summed E-state index contributed by atoms with van der Waals surface area (Å²) < 4.78 is 0. The number of hydrogen-bond donors (Lipinski definition) is 1. The number of benzene rings is 1. The van der Waals surface area contributed by atoms with Crippen LogP contribution in [0, 0.1) is 17.8 Å². The smallest absolute Gasteiger partial charge is 0.223 e. The monoisotopic (exact) mass is 297 g/mol. The third-order valence-electron chi connectivity index (χ3n) is 5.87. The van der Waals surface area contributed by atoms with E-state index in [2.05, 4.69) is 23.5 Å². The van der Waals surface area contributed by atoms with E-state index in [1.165, 1.54) is 11.1 Å². The van der Waals surface area contributed by atoms with Crippen molar-refractivity contribution >= 4 is 11.7 Å². The van der Waals surface area contributed by atoms with Gasteiger partial charge in [-0.2, -0.15) is 0 Å². The maximum Gasteiger partial charge on any atom is 0.223 e. The topological polar surface area (TPSA) is 46.2 Å². The average molecular weight is 297 g/mol. The van der Waals surface area contributed by atoms with Crippen molar-refractivity contribution in [2.24, 2.45) is 17.8 Å². The second-order valence-corrected chi connectivity index (χ2v) is 7.19. The zero-order valence-electron chi connectivity index (χ0n) is 12.9. The molecule has 0 spiro atoms. The Morgan fingerprint density at radius 1 is 1.05 bits per heavy atom. The third-order valence-corrected chi connectivity index (χ3v) is 5.87. The number of carbonyl (C=O) groups excluding carboxylic acids is 2. The minimum Gasteiger partial charge on any atom is -0.349 e. The quantitative estimate of drug-likeness (QED) is 0.911. The molecule has 0 saturated heterocycles. The number of nitrogens with one attached hydrogen (secondary N) is 1. The van der Waals surface area contributed by atoms with Gasteiger partial charge in [-0.25, -0.2) is 0 Å². The van der Waals surface area contributed by atoms with Crippen molar-refractivity contribution in [1.82, 2.24) is 5.32 Å². The van der Waals surface area contributed by atoms with Gasteiger partial charge >= 0.3 is 0 Å². The predicted octanol–water partition coefficient (Wildman–Crippen LogP) is 3.19. The fourth-order valence-electron chi connectivity index (χ4n) is 4.69. The minimum atomic E-state index is 0.0424. The number of aryl methyl sites for hydroxylation is 1. The summed E-state index contributed by atoms with van der Waals surface area (Å²) in [5.41, 5.74) is 2.64. The Labute approximate surface area is 131 Å². The highest BCUT2D eigenvalue weighted by atomic mass is 16.2. The predicted molar refractivity (Wildman–Crippen MR) is 84.2 cm³/mol. The van der Waals surface area contributed by atoms with E-state index in [0.717, 1.165) is 44.9 Å². The number of rotatable bonds is 2. The Morgan fingerprint density at radius 2 is 1.77 bits per heavy atom. The largest absolute Gasteiger partial charge is 0.349 e. The number of fused-ring (bicyclic) bond motifs is 3. The van der Waals surface area contributed by atoms with Gasteiger partial charge in [-0.15, -0.1) is 0 Å². The van der Waals surface area contributed by atoms with E-state index < -0.39 is 0 Å². The van der Waals surface area contributed by atoms with Crippen molar-refractivity contribution in [2.45, 2.75) is 51.0 Å². The number of hydrogen-bond acceptors (Lipinski definition) is 2. The van der Waals surface area contributed by atoms with Crippen molar-refractivity contribution in [2.75, 3.05) is 0 Å². The van der Waals surface area contributed by atoms with Crippen LogP contribution >= 0.6 is 0 Å². The first-order chi connectivity index (χ1) is 10.7. The molecule has 4 rings (SSSR count). The van der Waals surface area contributed by atoms with Gasteiger partial charge in [0, 0.05) is 17.8 Å². The molecular formula is C19H23NO2. The SMILES string of the molecule is O=C(NC1CCc2ccccc21)C1CC2CCCC(C1)C2=O. The van der Waals surface area contributed by atoms with Gasteiger partial charge < -0.3 is 5.32 Å². The molecular weight excluding hydrogens is 274 g/mol. The Bertz CT molecular complexity index is 593. The van der Waals surface area contributed by atoms with Crippen LogP contribution in [0.3, 0.4) is 0 Å². The summed E-state index contributed by atoms with van der Waals surface area (Å²) >= 11 is 0. The average Bonchev–Trinajstić information content (AvgIpc) is 2.90. The Balaban J connectivity index is 1.44. The van der Waals surface area contributed by atoms with Crippen LogP contribution in [0.4, 0.5) is 0 Å². The maximum absolute atomic E-state index is 12.7. The number of ketones is 1. The van der Waals surface area contributed by atoms with Crippen molar-refractivity contribution in [3.05, 3.63) is 35.4 Å². The minimum absolute atomic E-state index is 0.0424. The lowest BCUT2D eigenvalue weighted by molar-refractivity contribution is -0.137. The number of Topliss-reactive ketones (excluding diaryl/α,β-unsaturated/α-hetero) is 1.